The summed E-state index contributed by atoms with van der Waals surface area (Å²) >= 11 is 9.18. The molecule has 2 aromatic rings. The number of carbonyl (C=O) groups excluding carboxylic acids is 1. The minimum atomic E-state index is -0.330. The third kappa shape index (κ3) is 3.68. The molecule has 20 heavy (non-hydrogen) atoms. The van der Waals surface area contributed by atoms with E-state index in [1.807, 2.05) is 6.92 Å². The molecular formula is C13H12BrClN4O. The topological polar surface area (TPSA) is 66.9 Å². The third-order valence-corrected chi connectivity index (χ3v) is 3.31. The van der Waals surface area contributed by atoms with Gasteiger partial charge in [0.25, 0.3) is 5.91 Å². The van der Waals surface area contributed by atoms with E-state index < -0.39 is 0 Å². The summed E-state index contributed by atoms with van der Waals surface area (Å²) in [5, 5.41) is 6.34. The van der Waals surface area contributed by atoms with Crippen molar-refractivity contribution in [3.8, 4) is 0 Å². The van der Waals surface area contributed by atoms with Crippen LogP contribution in [0.3, 0.4) is 0 Å². The molecule has 0 unspecified atom stereocenters. The molecule has 0 atom stereocenters. The molecule has 7 heteroatoms. The summed E-state index contributed by atoms with van der Waals surface area (Å²) in [7, 11) is 0. The molecule has 104 valence electrons. The third-order valence-electron chi connectivity index (χ3n) is 2.42. The summed E-state index contributed by atoms with van der Waals surface area (Å²) in [4.78, 5) is 20.2. The smallest absolute Gasteiger partial charge is 0.275 e. The van der Waals surface area contributed by atoms with Gasteiger partial charge >= 0.3 is 0 Å². The van der Waals surface area contributed by atoms with Gasteiger partial charge in [-0.25, -0.2) is 9.97 Å². The molecule has 0 fully saturated rings. The van der Waals surface area contributed by atoms with E-state index >= 15 is 0 Å². The highest BCUT2D eigenvalue weighted by Gasteiger charge is 2.10. The Kier molecular flexibility index (Phi) is 4.92. The van der Waals surface area contributed by atoms with Gasteiger partial charge < -0.3 is 10.6 Å². The lowest BCUT2D eigenvalue weighted by molar-refractivity contribution is 0.102. The number of nitrogens with one attached hydrogen (secondary N) is 2. The van der Waals surface area contributed by atoms with E-state index in [2.05, 4.69) is 36.5 Å². The van der Waals surface area contributed by atoms with Gasteiger partial charge in [-0.2, -0.15) is 0 Å². The van der Waals surface area contributed by atoms with Crippen molar-refractivity contribution in [2.45, 2.75) is 6.92 Å². The first-order valence-electron chi connectivity index (χ1n) is 5.92. The van der Waals surface area contributed by atoms with Gasteiger partial charge in [-0.15, -0.1) is 0 Å². The zero-order chi connectivity index (χ0) is 14.5. The number of rotatable bonds is 4. The van der Waals surface area contributed by atoms with Crippen molar-refractivity contribution in [2.75, 3.05) is 17.2 Å². The zero-order valence-electron chi connectivity index (χ0n) is 10.7. The summed E-state index contributed by atoms with van der Waals surface area (Å²) in [6.07, 6.45) is 2.95. The summed E-state index contributed by atoms with van der Waals surface area (Å²) < 4.78 is 0.704. The van der Waals surface area contributed by atoms with Crippen LogP contribution < -0.4 is 10.6 Å². The number of hydrogen-bond donors (Lipinski definition) is 2. The molecule has 1 aromatic heterocycles. The lowest BCUT2D eigenvalue weighted by atomic mass is 10.3. The monoisotopic (exact) mass is 354 g/mol. The highest BCUT2D eigenvalue weighted by Crippen LogP contribution is 2.26. The molecule has 2 rings (SSSR count). The Morgan fingerprint density at radius 3 is 2.75 bits per heavy atom. The van der Waals surface area contributed by atoms with Gasteiger partial charge in [-0.1, -0.05) is 11.6 Å². The number of nitrogens with zero attached hydrogens (tertiary/aromatic N) is 2. The number of hydrogen-bond acceptors (Lipinski definition) is 4. The molecule has 1 aromatic carbocycles. The number of benzene rings is 1. The first-order valence-corrected chi connectivity index (χ1v) is 7.09. The van der Waals surface area contributed by atoms with Crippen LogP contribution in [0.15, 0.2) is 35.1 Å². The molecule has 1 heterocycles. The maximum absolute atomic E-state index is 12.0. The van der Waals surface area contributed by atoms with Crippen LogP contribution in [0.25, 0.3) is 0 Å². The molecule has 5 nitrogen and oxygen atoms in total. The SMILES string of the molecule is CCNc1cnc(C(=O)Nc2ccc(Cl)cc2Br)cn1. The molecule has 0 radical (unpaired) electrons. The molecular weight excluding hydrogens is 344 g/mol. The number of anilines is 2. The maximum Gasteiger partial charge on any atom is 0.275 e. The van der Waals surface area contributed by atoms with Crippen molar-refractivity contribution in [3.05, 3.63) is 45.8 Å². The number of carbonyl (C=O) groups is 1. The van der Waals surface area contributed by atoms with Gasteiger partial charge in [-0.3, -0.25) is 4.79 Å². The molecule has 0 saturated heterocycles. The van der Waals surface area contributed by atoms with Gasteiger partial charge in [0.15, 0.2) is 0 Å². The Bertz CT molecular complexity index is 618. The predicted molar refractivity (Wildman–Crippen MR) is 83.3 cm³/mol. The molecule has 0 saturated carbocycles. The van der Waals surface area contributed by atoms with Crippen LogP contribution in [0.4, 0.5) is 11.5 Å². The molecule has 0 aliphatic carbocycles. The maximum atomic E-state index is 12.0. The molecule has 0 spiro atoms. The average molecular weight is 356 g/mol. The Morgan fingerprint density at radius 1 is 1.35 bits per heavy atom. The predicted octanol–water partition coefficient (Wildman–Crippen LogP) is 3.58. The van der Waals surface area contributed by atoms with Gasteiger partial charge in [0, 0.05) is 16.0 Å². The van der Waals surface area contributed by atoms with Crippen LogP contribution in [-0.2, 0) is 0 Å². The van der Waals surface area contributed by atoms with E-state index in [9.17, 15) is 4.79 Å². The largest absolute Gasteiger partial charge is 0.369 e. The van der Waals surface area contributed by atoms with Crippen LogP contribution in [0.2, 0.25) is 5.02 Å². The van der Waals surface area contributed by atoms with E-state index in [4.69, 9.17) is 11.6 Å². The van der Waals surface area contributed by atoms with Gasteiger partial charge in [-0.05, 0) is 41.1 Å². The van der Waals surface area contributed by atoms with Crippen molar-refractivity contribution >= 4 is 44.9 Å². The minimum Gasteiger partial charge on any atom is -0.369 e. The van der Waals surface area contributed by atoms with Crippen LogP contribution in [0.5, 0.6) is 0 Å². The van der Waals surface area contributed by atoms with E-state index in [0.717, 1.165) is 6.54 Å². The summed E-state index contributed by atoms with van der Waals surface area (Å²) in [6.45, 7) is 2.71. The first kappa shape index (κ1) is 14.7. The Hall–Kier alpha value is -1.66. The zero-order valence-corrected chi connectivity index (χ0v) is 13.0. The van der Waals surface area contributed by atoms with Crippen LogP contribution >= 0.6 is 27.5 Å². The van der Waals surface area contributed by atoms with Crippen LogP contribution in [0.1, 0.15) is 17.4 Å². The fourth-order valence-corrected chi connectivity index (χ4v) is 2.28. The summed E-state index contributed by atoms with van der Waals surface area (Å²) in [5.41, 5.74) is 0.866. The molecule has 0 aliphatic rings. The van der Waals surface area contributed by atoms with Gasteiger partial charge in [0.05, 0.1) is 18.1 Å². The molecule has 2 N–H and O–H groups in total. The van der Waals surface area contributed by atoms with Crippen LogP contribution in [-0.4, -0.2) is 22.4 Å². The van der Waals surface area contributed by atoms with Crippen molar-refractivity contribution in [1.29, 1.82) is 0 Å². The van der Waals surface area contributed by atoms with E-state index in [1.165, 1.54) is 12.4 Å². The average Bonchev–Trinajstić information content (AvgIpc) is 2.43. The van der Waals surface area contributed by atoms with E-state index in [1.54, 1.807) is 18.2 Å². The fourth-order valence-electron chi connectivity index (χ4n) is 1.49. The van der Waals surface area contributed by atoms with Crippen molar-refractivity contribution in [2.24, 2.45) is 0 Å². The summed E-state index contributed by atoms with van der Waals surface area (Å²) in [6, 6.07) is 5.11. The second-order valence-electron chi connectivity index (χ2n) is 3.90. The second-order valence-corrected chi connectivity index (χ2v) is 5.19. The summed E-state index contributed by atoms with van der Waals surface area (Å²) in [5.74, 6) is 0.306. The van der Waals surface area contributed by atoms with E-state index in [0.29, 0.717) is 21.0 Å². The molecule has 0 bridgehead atoms. The van der Waals surface area contributed by atoms with Crippen molar-refractivity contribution < 1.29 is 4.79 Å². The standard InChI is InChI=1S/C13H12BrClN4O/c1-2-16-12-7-17-11(6-18-12)13(20)19-10-4-3-8(15)5-9(10)14/h3-7H,2H2,1H3,(H,16,18)(H,19,20). The number of aromatic nitrogens is 2. The highest BCUT2D eigenvalue weighted by atomic mass is 79.9. The lowest BCUT2D eigenvalue weighted by Crippen LogP contribution is -2.14. The lowest BCUT2D eigenvalue weighted by Gasteiger charge is -2.07. The minimum absolute atomic E-state index is 0.244. The quantitative estimate of drug-likeness (QED) is 0.880. The Morgan fingerprint density at radius 2 is 2.15 bits per heavy atom. The van der Waals surface area contributed by atoms with Gasteiger partial charge in [0.2, 0.25) is 0 Å². The van der Waals surface area contributed by atoms with Crippen molar-refractivity contribution in [1.82, 2.24) is 9.97 Å². The highest BCUT2D eigenvalue weighted by molar-refractivity contribution is 9.10. The normalized spacial score (nSPS) is 10.2. The molecule has 0 aliphatic heterocycles. The second kappa shape index (κ2) is 6.67. The van der Waals surface area contributed by atoms with E-state index in [-0.39, 0.29) is 11.6 Å². The van der Waals surface area contributed by atoms with Crippen LogP contribution in [0, 0.1) is 0 Å². The van der Waals surface area contributed by atoms with Crippen molar-refractivity contribution in [3.63, 3.8) is 0 Å². The van der Waals surface area contributed by atoms with Gasteiger partial charge in [0.1, 0.15) is 11.5 Å². The molecule has 1 amide bonds. The number of halogens is 2. The Labute approximate surface area is 129 Å². The first-order chi connectivity index (χ1) is 9.60. The number of amides is 1. The Balaban J connectivity index is 2.11. The fraction of sp³-hybridized carbons (Fsp3) is 0.154.